The van der Waals surface area contributed by atoms with Crippen molar-refractivity contribution in [2.45, 2.75) is 50.2 Å². The zero-order valence-corrected chi connectivity index (χ0v) is 16.5. The van der Waals surface area contributed by atoms with Gasteiger partial charge in [0, 0.05) is 24.0 Å². The van der Waals surface area contributed by atoms with E-state index < -0.39 is 0 Å². The fourth-order valence-corrected chi connectivity index (χ4v) is 5.64. The average Bonchev–Trinajstić information content (AvgIpc) is 3.35. The van der Waals surface area contributed by atoms with E-state index in [0.29, 0.717) is 31.4 Å². The summed E-state index contributed by atoms with van der Waals surface area (Å²) in [7, 11) is 0. The zero-order valence-electron chi connectivity index (χ0n) is 15.7. The highest BCUT2D eigenvalue weighted by atomic mass is 32.1. The Balaban J connectivity index is 1.32. The smallest absolute Gasteiger partial charge is 0.271 e. The minimum Gasteiger partial charge on any atom is -0.369 e. The molecule has 4 heterocycles. The molecule has 1 saturated carbocycles. The van der Waals surface area contributed by atoms with Crippen molar-refractivity contribution >= 4 is 23.2 Å². The van der Waals surface area contributed by atoms with E-state index >= 15 is 0 Å². The molecule has 8 heteroatoms. The van der Waals surface area contributed by atoms with Crippen molar-refractivity contribution in [2.24, 2.45) is 0 Å². The predicted octanol–water partition coefficient (Wildman–Crippen LogP) is 2.46. The van der Waals surface area contributed by atoms with Gasteiger partial charge in [0.05, 0.1) is 24.0 Å². The fraction of sp³-hybridized carbons (Fsp3) is 0.550. The molecule has 28 heavy (non-hydrogen) atoms. The van der Waals surface area contributed by atoms with Gasteiger partial charge in [0.1, 0.15) is 11.3 Å². The number of likely N-dealkylation sites (tertiary alicyclic amines) is 1. The van der Waals surface area contributed by atoms with Gasteiger partial charge in [0.15, 0.2) is 0 Å². The van der Waals surface area contributed by atoms with E-state index in [1.54, 1.807) is 17.5 Å². The number of aromatic nitrogens is 2. The van der Waals surface area contributed by atoms with Crippen LogP contribution in [0.15, 0.2) is 18.6 Å². The first-order valence-electron chi connectivity index (χ1n) is 10.0. The van der Waals surface area contributed by atoms with E-state index in [1.807, 2.05) is 4.90 Å². The number of imidazole rings is 1. The Morgan fingerprint density at radius 2 is 2.14 bits per heavy atom. The SMILES string of the molecule is O=C(NC1CCC1)c1cc2c(s1)C1(CCN(C(=O)c3cnc[nH]3)CC1)OCC2. The molecule has 0 bridgehead atoms. The number of rotatable bonds is 3. The van der Waals surface area contributed by atoms with Gasteiger partial charge < -0.3 is 19.9 Å². The van der Waals surface area contributed by atoms with Gasteiger partial charge in [-0.1, -0.05) is 0 Å². The first-order chi connectivity index (χ1) is 13.6. The number of carbonyl (C=O) groups excluding carboxylic acids is 2. The summed E-state index contributed by atoms with van der Waals surface area (Å²) in [6.07, 6.45) is 8.82. The number of amides is 2. The predicted molar refractivity (Wildman–Crippen MR) is 104 cm³/mol. The molecule has 0 radical (unpaired) electrons. The second-order valence-electron chi connectivity index (χ2n) is 7.92. The van der Waals surface area contributed by atoms with Crippen molar-refractivity contribution in [3.63, 3.8) is 0 Å². The van der Waals surface area contributed by atoms with Gasteiger partial charge in [-0.05, 0) is 50.2 Å². The summed E-state index contributed by atoms with van der Waals surface area (Å²) in [6.45, 7) is 1.94. The van der Waals surface area contributed by atoms with Crippen LogP contribution in [0.1, 0.15) is 62.7 Å². The van der Waals surface area contributed by atoms with Gasteiger partial charge >= 0.3 is 0 Å². The highest BCUT2D eigenvalue weighted by Crippen LogP contribution is 2.45. The molecule has 148 valence electrons. The second kappa shape index (κ2) is 7.00. The Hall–Kier alpha value is -2.19. The average molecular weight is 401 g/mol. The van der Waals surface area contributed by atoms with Gasteiger partial charge in [-0.15, -0.1) is 11.3 Å². The zero-order chi connectivity index (χ0) is 19.1. The molecule has 1 saturated heterocycles. The number of fused-ring (bicyclic) bond motifs is 2. The molecule has 2 aliphatic heterocycles. The maximum Gasteiger partial charge on any atom is 0.271 e. The van der Waals surface area contributed by atoms with Crippen molar-refractivity contribution in [3.8, 4) is 0 Å². The molecule has 5 rings (SSSR count). The lowest BCUT2D eigenvalue weighted by atomic mass is 9.85. The maximum absolute atomic E-state index is 12.6. The molecule has 3 aliphatic rings. The molecule has 7 nitrogen and oxygen atoms in total. The van der Waals surface area contributed by atoms with Crippen LogP contribution in [-0.4, -0.2) is 52.4 Å². The number of ether oxygens (including phenoxy) is 1. The monoisotopic (exact) mass is 400 g/mol. The molecule has 2 aromatic heterocycles. The molecule has 2 fully saturated rings. The summed E-state index contributed by atoms with van der Waals surface area (Å²) in [5.41, 5.74) is 1.40. The Kier molecular flexibility index (Phi) is 4.47. The van der Waals surface area contributed by atoms with Gasteiger partial charge in [0.25, 0.3) is 11.8 Å². The highest BCUT2D eigenvalue weighted by molar-refractivity contribution is 7.14. The van der Waals surface area contributed by atoms with Crippen LogP contribution >= 0.6 is 11.3 Å². The minimum atomic E-state index is -0.363. The molecule has 1 spiro atoms. The summed E-state index contributed by atoms with van der Waals surface area (Å²) >= 11 is 1.58. The number of thiophene rings is 1. The van der Waals surface area contributed by atoms with Crippen molar-refractivity contribution < 1.29 is 14.3 Å². The van der Waals surface area contributed by atoms with Crippen LogP contribution < -0.4 is 5.32 Å². The van der Waals surface area contributed by atoms with Crippen molar-refractivity contribution in [1.82, 2.24) is 20.2 Å². The third-order valence-electron chi connectivity index (χ3n) is 6.22. The van der Waals surface area contributed by atoms with E-state index in [4.69, 9.17) is 4.74 Å². The summed E-state index contributed by atoms with van der Waals surface area (Å²) < 4.78 is 6.28. The summed E-state index contributed by atoms with van der Waals surface area (Å²) in [5.74, 6) is 0.0289. The van der Waals surface area contributed by atoms with E-state index in [0.717, 1.165) is 37.0 Å². The Morgan fingerprint density at radius 1 is 1.32 bits per heavy atom. The summed E-state index contributed by atoms with van der Waals surface area (Å²) in [4.78, 5) is 35.8. The van der Waals surface area contributed by atoms with Gasteiger partial charge in [0.2, 0.25) is 0 Å². The number of nitrogens with zero attached hydrogens (tertiary/aromatic N) is 2. The van der Waals surface area contributed by atoms with Gasteiger partial charge in [-0.25, -0.2) is 4.98 Å². The number of H-pyrrole nitrogens is 1. The molecular weight excluding hydrogens is 376 g/mol. The van der Waals surface area contributed by atoms with Crippen LogP contribution in [0.4, 0.5) is 0 Å². The van der Waals surface area contributed by atoms with Crippen LogP contribution in [0.5, 0.6) is 0 Å². The van der Waals surface area contributed by atoms with Gasteiger partial charge in [-0.2, -0.15) is 0 Å². The van der Waals surface area contributed by atoms with Crippen molar-refractivity contribution in [3.05, 3.63) is 39.6 Å². The first-order valence-corrected chi connectivity index (χ1v) is 10.8. The number of hydrogen-bond donors (Lipinski definition) is 2. The minimum absolute atomic E-state index is 0.0184. The molecule has 2 aromatic rings. The lowest BCUT2D eigenvalue weighted by molar-refractivity contribution is -0.0906. The molecular formula is C20H24N4O3S. The van der Waals surface area contributed by atoms with Crippen LogP contribution in [0.3, 0.4) is 0 Å². The van der Waals surface area contributed by atoms with Crippen LogP contribution in [0, 0.1) is 0 Å². The molecule has 0 atom stereocenters. The third kappa shape index (κ3) is 3.04. The second-order valence-corrected chi connectivity index (χ2v) is 8.97. The van der Waals surface area contributed by atoms with Crippen LogP contribution in [-0.2, 0) is 16.8 Å². The number of carbonyl (C=O) groups is 2. The highest BCUT2D eigenvalue weighted by Gasteiger charge is 2.43. The number of aromatic amines is 1. The lowest BCUT2D eigenvalue weighted by Gasteiger charge is -2.43. The van der Waals surface area contributed by atoms with E-state index in [-0.39, 0.29) is 17.4 Å². The third-order valence-corrected chi connectivity index (χ3v) is 7.59. The maximum atomic E-state index is 12.6. The van der Waals surface area contributed by atoms with Crippen LogP contribution in [0.25, 0.3) is 0 Å². The lowest BCUT2D eigenvalue weighted by Crippen LogP contribution is -2.48. The number of piperidine rings is 1. The number of nitrogens with one attached hydrogen (secondary N) is 2. The van der Waals surface area contributed by atoms with E-state index in [9.17, 15) is 9.59 Å². The molecule has 0 unspecified atom stereocenters. The molecule has 0 aromatic carbocycles. The van der Waals surface area contributed by atoms with Crippen molar-refractivity contribution in [1.29, 1.82) is 0 Å². The van der Waals surface area contributed by atoms with Crippen LogP contribution in [0.2, 0.25) is 0 Å². The molecule has 2 amide bonds. The first kappa shape index (κ1) is 17.9. The van der Waals surface area contributed by atoms with E-state index in [2.05, 4.69) is 21.4 Å². The Morgan fingerprint density at radius 3 is 2.82 bits per heavy atom. The van der Waals surface area contributed by atoms with Crippen molar-refractivity contribution in [2.75, 3.05) is 19.7 Å². The molecule has 1 aliphatic carbocycles. The number of hydrogen-bond acceptors (Lipinski definition) is 5. The normalized spacial score (nSPS) is 21.2. The molecule has 2 N–H and O–H groups in total. The quantitative estimate of drug-likeness (QED) is 0.829. The summed E-state index contributed by atoms with van der Waals surface area (Å²) in [5, 5.41) is 3.14. The summed E-state index contributed by atoms with van der Waals surface area (Å²) in [6, 6.07) is 2.40. The fourth-order valence-electron chi connectivity index (χ4n) is 4.33. The Bertz CT molecular complexity index is 879. The Labute approximate surface area is 167 Å². The van der Waals surface area contributed by atoms with Gasteiger partial charge in [-0.3, -0.25) is 9.59 Å². The topological polar surface area (TPSA) is 87.3 Å². The largest absolute Gasteiger partial charge is 0.369 e. The van der Waals surface area contributed by atoms with E-state index in [1.165, 1.54) is 23.2 Å². The standard InChI is InChI=1S/C20H24N4O3S/c25-18(23-14-2-1-3-14)16-10-13-4-9-27-20(17(13)28-16)5-7-24(8-6-20)19(26)15-11-21-12-22-15/h10-12,14H,1-9H2,(H,21,22)(H,23,25).